The Labute approximate surface area is 147 Å². The van der Waals surface area contributed by atoms with Gasteiger partial charge in [0.25, 0.3) is 0 Å². The van der Waals surface area contributed by atoms with E-state index in [1.807, 2.05) is 12.1 Å². The minimum atomic E-state index is -0.214. The van der Waals surface area contributed by atoms with E-state index in [-0.39, 0.29) is 24.0 Å². The number of carbonyl (C=O) groups excluding carboxylic acids is 2. The van der Waals surface area contributed by atoms with Crippen LogP contribution in [0.2, 0.25) is 0 Å². The number of hydrogen-bond acceptors (Lipinski definition) is 5. The fraction of sp³-hybridized carbons (Fsp3) is 0.579. The monoisotopic (exact) mass is 344 g/mol. The molecule has 0 bridgehead atoms. The van der Waals surface area contributed by atoms with Crippen LogP contribution in [0.5, 0.6) is 0 Å². The first-order valence-corrected chi connectivity index (χ1v) is 9.12. The highest BCUT2D eigenvalue weighted by atomic mass is 16.7. The van der Waals surface area contributed by atoms with Crippen LogP contribution in [0.15, 0.2) is 24.3 Å². The lowest BCUT2D eigenvalue weighted by Crippen LogP contribution is -2.39. The van der Waals surface area contributed by atoms with E-state index >= 15 is 0 Å². The summed E-state index contributed by atoms with van der Waals surface area (Å²) in [6.45, 7) is 3.41. The van der Waals surface area contributed by atoms with E-state index in [4.69, 9.17) is 9.47 Å². The first-order chi connectivity index (χ1) is 12.2. The van der Waals surface area contributed by atoms with Crippen molar-refractivity contribution in [1.82, 2.24) is 5.32 Å². The third-order valence-electron chi connectivity index (χ3n) is 5.47. The first-order valence-electron chi connectivity index (χ1n) is 9.12. The van der Waals surface area contributed by atoms with E-state index in [1.54, 1.807) is 0 Å². The molecular weight excluding hydrogens is 320 g/mol. The molecule has 6 heteroatoms. The van der Waals surface area contributed by atoms with Crippen LogP contribution in [0.4, 0.5) is 5.69 Å². The Balaban J connectivity index is 1.36. The average Bonchev–Trinajstić information content (AvgIpc) is 3.17. The van der Waals surface area contributed by atoms with Gasteiger partial charge in [-0.05, 0) is 37.0 Å². The Hall–Kier alpha value is -1.92. The van der Waals surface area contributed by atoms with Crippen molar-refractivity contribution in [3.05, 3.63) is 29.8 Å². The van der Waals surface area contributed by atoms with Gasteiger partial charge in [-0.25, -0.2) is 0 Å². The molecule has 3 fully saturated rings. The van der Waals surface area contributed by atoms with E-state index in [0.29, 0.717) is 32.0 Å². The fourth-order valence-corrected chi connectivity index (χ4v) is 4.01. The lowest BCUT2D eigenvalue weighted by atomic mass is 9.90. The highest BCUT2D eigenvalue weighted by molar-refractivity contribution is 6.00. The molecule has 3 aliphatic rings. The molecule has 1 N–H and O–H groups in total. The van der Waals surface area contributed by atoms with E-state index < -0.39 is 0 Å². The second-order valence-electron chi connectivity index (χ2n) is 7.03. The van der Waals surface area contributed by atoms with E-state index in [0.717, 1.165) is 31.5 Å². The minimum absolute atomic E-state index is 0.0166. The largest absolute Gasteiger partial charge is 0.372 e. The lowest BCUT2D eigenvalue weighted by molar-refractivity contribution is -0.134. The van der Waals surface area contributed by atoms with Crippen LogP contribution in [0.25, 0.3) is 0 Å². The average molecular weight is 344 g/mol. The van der Waals surface area contributed by atoms with Gasteiger partial charge in [0, 0.05) is 31.1 Å². The molecule has 0 aliphatic carbocycles. The van der Waals surface area contributed by atoms with Crippen molar-refractivity contribution in [2.24, 2.45) is 5.92 Å². The van der Waals surface area contributed by atoms with E-state index in [2.05, 4.69) is 22.3 Å². The van der Waals surface area contributed by atoms with Crippen molar-refractivity contribution in [2.45, 2.75) is 37.9 Å². The van der Waals surface area contributed by atoms with Crippen molar-refractivity contribution < 1.29 is 19.1 Å². The molecule has 0 radical (unpaired) electrons. The van der Waals surface area contributed by atoms with Gasteiger partial charge < -0.3 is 14.4 Å². The van der Waals surface area contributed by atoms with Gasteiger partial charge in [0.1, 0.15) is 0 Å². The zero-order chi connectivity index (χ0) is 17.2. The summed E-state index contributed by atoms with van der Waals surface area (Å²) in [5, 5.41) is 2.43. The van der Waals surface area contributed by atoms with Crippen molar-refractivity contribution in [3.8, 4) is 0 Å². The molecule has 25 heavy (non-hydrogen) atoms. The van der Waals surface area contributed by atoms with Crippen LogP contribution in [0, 0.1) is 5.92 Å². The number of carbonyl (C=O) groups is 2. The molecule has 1 aromatic carbocycles. The van der Waals surface area contributed by atoms with Gasteiger partial charge in [0.2, 0.25) is 11.8 Å². The number of anilines is 1. The summed E-state index contributed by atoms with van der Waals surface area (Å²) in [5.74, 6) is -0.0759. The molecule has 1 aromatic rings. The summed E-state index contributed by atoms with van der Waals surface area (Å²) < 4.78 is 11.3. The van der Waals surface area contributed by atoms with Crippen molar-refractivity contribution in [2.75, 3.05) is 31.2 Å². The van der Waals surface area contributed by atoms with Gasteiger partial charge in [-0.2, -0.15) is 0 Å². The smallest absolute Gasteiger partial charge is 0.234 e. The van der Waals surface area contributed by atoms with Crippen molar-refractivity contribution >= 4 is 17.5 Å². The number of nitrogens with zero attached hydrogens (tertiary/aromatic N) is 1. The van der Waals surface area contributed by atoms with E-state index in [9.17, 15) is 9.59 Å². The second-order valence-corrected chi connectivity index (χ2v) is 7.03. The predicted octanol–water partition coefficient (Wildman–Crippen LogP) is 1.80. The Bertz CT molecular complexity index is 631. The maximum Gasteiger partial charge on any atom is 0.234 e. The highest BCUT2D eigenvalue weighted by Gasteiger charge is 2.31. The zero-order valence-corrected chi connectivity index (χ0v) is 14.3. The summed E-state index contributed by atoms with van der Waals surface area (Å²) in [7, 11) is 0. The van der Waals surface area contributed by atoms with Crippen LogP contribution >= 0.6 is 0 Å². The summed E-state index contributed by atoms with van der Waals surface area (Å²) in [6.07, 6.45) is 3.13. The molecule has 3 heterocycles. The minimum Gasteiger partial charge on any atom is -0.372 e. The SMILES string of the molecule is O=C1CCC(c2ccc(N3CCC(C4OCCO4)CC3)cc2)C(=O)N1. The Morgan fingerprint density at radius 1 is 0.960 bits per heavy atom. The Morgan fingerprint density at radius 3 is 2.28 bits per heavy atom. The molecule has 4 rings (SSSR count). The third kappa shape index (κ3) is 3.55. The fourth-order valence-electron chi connectivity index (χ4n) is 4.01. The maximum atomic E-state index is 12.0. The maximum absolute atomic E-state index is 12.0. The van der Waals surface area contributed by atoms with Crippen LogP contribution in [-0.4, -0.2) is 44.4 Å². The Morgan fingerprint density at radius 2 is 1.64 bits per heavy atom. The van der Waals surface area contributed by atoms with Gasteiger partial charge in [-0.1, -0.05) is 12.1 Å². The van der Waals surface area contributed by atoms with E-state index in [1.165, 1.54) is 5.69 Å². The zero-order valence-electron chi connectivity index (χ0n) is 14.3. The molecule has 134 valence electrons. The number of amides is 2. The predicted molar refractivity (Wildman–Crippen MR) is 92.2 cm³/mol. The number of hydrogen-bond donors (Lipinski definition) is 1. The molecule has 0 spiro atoms. The summed E-state index contributed by atoms with van der Waals surface area (Å²) in [4.78, 5) is 25.6. The molecular formula is C19H24N2O4. The van der Waals surface area contributed by atoms with Crippen LogP contribution < -0.4 is 10.2 Å². The van der Waals surface area contributed by atoms with Gasteiger partial charge in [-0.15, -0.1) is 0 Å². The lowest BCUT2D eigenvalue weighted by Gasteiger charge is -2.35. The van der Waals surface area contributed by atoms with Gasteiger partial charge in [0.15, 0.2) is 6.29 Å². The van der Waals surface area contributed by atoms with Gasteiger partial charge >= 0.3 is 0 Å². The quantitative estimate of drug-likeness (QED) is 0.847. The van der Waals surface area contributed by atoms with Crippen LogP contribution in [0.1, 0.15) is 37.2 Å². The number of imide groups is 1. The molecule has 3 saturated heterocycles. The van der Waals surface area contributed by atoms with Crippen molar-refractivity contribution in [1.29, 1.82) is 0 Å². The van der Waals surface area contributed by atoms with Crippen molar-refractivity contribution in [3.63, 3.8) is 0 Å². The number of nitrogens with one attached hydrogen (secondary N) is 1. The molecule has 1 unspecified atom stereocenters. The number of benzene rings is 1. The number of ether oxygens (including phenoxy) is 2. The molecule has 2 amide bonds. The van der Waals surface area contributed by atoms with Gasteiger partial charge in [-0.3, -0.25) is 14.9 Å². The molecule has 6 nitrogen and oxygen atoms in total. The second kappa shape index (κ2) is 7.14. The topological polar surface area (TPSA) is 67.9 Å². The summed E-state index contributed by atoms with van der Waals surface area (Å²) in [5.41, 5.74) is 2.17. The third-order valence-corrected chi connectivity index (χ3v) is 5.47. The summed E-state index contributed by atoms with van der Waals surface area (Å²) >= 11 is 0. The molecule has 1 atom stereocenters. The molecule has 3 aliphatic heterocycles. The molecule has 0 saturated carbocycles. The van der Waals surface area contributed by atoms with Gasteiger partial charge in [0.05, 0.1) is 19.1 Å². The number of piperidine rings is 2. The highest BCUT2D eigenvalue weighted by Crippen LogP contribution is 2.30. The first kappa shape index (κ1) is 16.5. The molecule has 0 aromatic heterocycles. The number of rotatable bonds is 3. The normalized spacial score (nSPS) is 26.1. The summed E-state index contributed by atoms with van der Waals surface area (Å²) in [6, 6.07) is 8.21. The standard InChI is InChI=1S/C19H24N2O4/c22-17-6-5-16(18(23)20-17)13-1-3-15(4-2-13)21-9-7-14(8-10-21)19-24-11-12-25-19/h1-4,14,16,19H,5-12H2,(H,20,22,23). The van der Waals surface area contributed by atoms with Crippen LogP contribution in [-0.2, 0) is 19.1 Å². The van der Waals surface area contributed by atoms with Crippen LogP contribution in [0.3, 0.4) is 0 Å². The Kier molecular flexibility index (Phi) is 4.72.